The van der Waals surface area contributed by atoms with Crippen molar-refractivity contribution in [3.63, 3.8) is 0 Å². The Kier molecular flexibility index (Phi) is 6.78. The van der Waals surface area contributed by atoms with Crippen molar-refractivity contribution in [2.75, 3.05) is 11.9 Å². The van der Waals surface area contributed by atoms with Gasteiger partial charge in [-0.05, 0) is 43.2 Å². The highest BCUT2D eigenvalue weighted by molar-refractivity contribution is 6.36. The van der Waals surface area contributed by atoms with E-state index in [-0.39, 0.29) is 22.8 Å². The van der Waals surface area contributed by atoms with Gasteiger partial charge in [0, 0.05) is 17.5 Å². The Morgan fingerprint density at radius 1 is 1.08 bits per heavy atom. The van der Waals surface area contributed by atoms with Crippen molar-refractivity contribution >= 4 is 29.0 Å². The lowest BCUT2D eigenvalue weighted by Crippen LogP contribution is -2.18. The smallest absolute Gasteiger partial charge is 0.343 e. The van der Waals surface area contributed by atoms with E-state index in [9.17, 15) is 9.59 Å². The minimum absolute atomic E-state index is 0.102. The van der Waals surface area contributed by atoms with Crippen LogP contribution in [0.2, 0.25) is 5.02 Å². The maximum atomic E-state index is 12.7. The molecule has 5 heteroatoms. The molecule has 0 aliphatic heterocycles. The van der Waals surface area contributed by atoms with Crippen LogP contribution in [-0.4, -0.2) is 18.4 Å². The molecule has 0 saturated heterocycles. The van der Waals surface area contributed by atoms with Crippen molar-refractivity contribution in [1.29, 1.82) is 0 Å². The third-order valence-corrected chi connectivity index (χ3v) is 3.93. The lowest BCUT2D eigenvalue weighted by atomic mass is 10.0. The van der Waals surface area contributed by atoms with E-state index in [0.717, 1.165) is 12.1 Å². The summed E-state index contributed by atoms with van der Waals surface area (Å²) in [6.45, 7) is 3.94. The van der Waals surface area contributed by atoms with Gasteiger partial charge in [0.2, 0.25) is 5.78 Å². The molecule has 0 saturated carbocycles. The fourth-order valence-electron chi connectivity index (χ4n) is 2.21. The number of ketones is 1. The molecular weight excluding hydrogens is 338 g/mol. The van der Waals surface area contributed by atoms with Crippen LogP contribution in [0.5, 0.6) is 0 Å². The minimum Gasteiger partial charge on any atom is -0.462 e. The zero-order valence-electron chi connectivity index (χ0n) is 14.2. The molecule has 0 atom stereocenters. The maximum Gasteiger partial charge on any atom is 0.343 e. The molecule has 0 unspecified atom stereocenters. The fraction of sp³-hybridized carbons (Fsp3) is 0.200. The Balaban J connectivity index is 2.30. The van der Waals surface area contributed by atoms with Crippen LogP contribution in [0.3, 0.4) is 0 Å². The predicted molar refractivity (Wildman–Crippen MR) is 99.9 cm³/mol. The summed E-state index contributed by atoms with van der Waals surface area (Å²) in [4.78, 5) is 24.9. The summed E-state index contributed by atoms with van der Waals surface area (Å²) in [6.07, 6.45) is 2.31. The summed E-state index contributed by atoms with van der Waals surface area (Å²) >= 11 is 6.07. The highest BCUT2D eigenvalue weighted by Gasteiger charge is 2.22. The topological polar surface area (TPSA) is 55.4 Å². The minimum atomic E-state index is -0.690. The van der Waals surface area contributed by atoms with Crippen molar-refractivity contribution in [3.05, 3.63) is 76.5 Å². The molecule has 1 N–H and O–H groups in total. The van der Waals surface area contributed by atoms with Gasteiger partial charge in [0.05, 0.1) is 11.6 Å². The van der Waals surface area contributed by atoms with Gasteiger partial charge >= 0.3 is 5.97 Å². The van der Waals surface area contributed by atoms with Crippen molar-refractivity contribution in [2.45, 2.75) is 20.3 Å². The maximum absolute atomic E-state index is 12.7. The molecule has 0 radical (unpaired) electrons. The zero-order valence-corrected chi connectivity index (χ0v) is 15.0. The Hall–Kier alpha value is -2.59. The summed E-state index contributed by atoms with van der Waals surface area (Å²) in [5, 5.41) is 3.27. The van der Waals surface area contributed by atoms with E-state index in [1.807, 2.05) is 24.3 Å². The molecule has 2 rings (SSSR count). The van der Waals surface area contributed by atoms with Crippen molar-refractivity contribution in [3.8, 4) is 0 Å². The molecule has 4 nitrogen and oxygen atoms in total. The quantitative estimate of drug-likeness (QED) is 0.258. The van der Waals surface area contributed by atoms with Gasteiger partial charge in [0.1, 0.15) is 5.57 Å². The SMILES string of the molecule is CCOC(=O)/C(=C/Nc1ccc(CC)cc1)C(=O)c1ccccc1Cl. The second-order valence-corrected chi connectivity index (χ2v) is 5.69. The first-order chi connectivity index (χ1) is 12.1. The van der Waals surface area contributed by atoms with Crippen LogP contribution in [0.1, 0.15) is 29.8 Å². The molecular formula is C20H20ClNO3. The van der Waals surface area contributed by atoms with E-state index in [4.69, 9.17) is 16.3 Å². The van der Waals surface area contributed by atoms with Gasteiger partial charge in [-0.2, -0.15) is 0 Å². The van der Waals surface area contributed by atoms with Gasteiger partial charge in [-0.25, -0.2) is 4.79 Å². The number of aryl methyl sites for hydroxylation is 1. The van der Waals surface area contributed by atoms with Gasteiger partial charge in [-0.3, -0.25) is 4.79 Å². The lowest BCUT2D eigenvalue weighted by Gasteiger charge is -2.09. The number of Topliss-reactive ketones (excluding diaryl/α,β-unsaturated/α-hetero) is 1. The number of esters is 1. The van der Waals surface area contributed by atoms with E-state index in [1.165, 1.54) is 11.8 Å². The van der Waals surface area contributed by atoms with Crippen LogP contribution < -0.4 is 5.32 Å². The molecule has 0 fully saturated rings. The monoisotopic (exact) mass is 357 g/mol. The van der Waals surface area contributed by atoms with Crippen LogP contribution in [-0.2, 0) is 16.0 Å². The zero-order chi connectivity index (χ0) is 18.2. The number of nitrogens with one attached hydrogen (secondary N) is 1. The van der Waals surface area contributed by atoms with Crippen molar-refractivity contribution in [1.82, 2.24) is 0 Å². The first kappa shape index (κ1) is 18.7. The van der Waals surface area contributed by atoms with E-state index >= 15 is 0 Å². The molecule has 2 aromatic carbocycles. The second-order valence-electron chi connectivity index (χ2n) is 5.28. The highest BCUT2D eigenvalue weighted by Crippen LogP contribution is 2.20. The van der Waals surface area contributed by atoms with E-state index in [2.05, 4.69) is 12.2 Å². The Morgan fingerprint density at radius 3 is 2.36 bits per heavy atom. The average Bonchev–Trinajstić information content (AvgIpc) is 2.63. The van der Waals surface area contributed by atoms with Crippen LogP contribution in [0.25, 0.3) is 0 Å². The summed E-state index contributed by atoms with van der Waals surface area (Å²) in [7, 11) is 0. The molecule has 2 aromatic rings. The number of carbonyl (C=O) groups is 2. The fourth-order valence-corrected chi connectivity index (χ4v) is 2.43. The molecule has 0 spiro atoms. The Bertz CT molecular complexity index is 782. The summed E-state index contributed by atoms with van der Waals surface area (Å²) in [5.74, 6) is -1.17. The number of benzene rings is 2. The summed E-state index contributed by atoms with van der Waals surface area (Å²) < 4.78 is 5.00. The van der Waals surface area contributed by atoms with Gasteiger partial charge < -0.3 is 10.1 Å². The van der Waals surface area contributed by atoms with E-state index in [1.54, 1.807) is 31.2 Å². The first-order valence-corrected chi connectivity index (χ1v) is 8.46. The van der Waals surface area contributed by atoms with Gasteiger partial charge in [-0.1, -0.05) is 42.8 Å². The largest absolute Gasteiger partial charge is 0.462 e. The summed E-state index contributed by atoms with van der Waals surface area (Å²) in [5.41, 5.74) is 2.12. The highest BCUT2D eigenvalue weighted by atomic mass is 35.5. The average molecular weight is 358 g/mol. The molecule has 130 valence electrons. The molecule has 0 aromatic heterocycles. The normalized spacial score (nSPS) is 11.1. The van der Waals surface area contributed by atoms with Crippen LogP contribution in [0, 0.1) is 0 Å². The van der Waals surface area contributed by atoms with Gasteiger partial charge in [0.15, 0.2) is 0 Å². The molecule has 25 heavy (non-hydrogen) atoms. The van der Waals surface area contributed by atoms with Gasteiger partial charge in [0.25, 0.3) is 0 Å². The van der Waals surface area contributed by atoms with Crippen molar-refractivity contribution < 1.29 is 14.3 Å². The number of rotatable bonds is 7. The van der Waals surface area contributed by atoms with E-state index in [0.29, 0.717) is 0 Å². The number of anilines is 1. The molecule has 0 aliphatic rings. The Morgan fingerprint density at radius 2 is 1.76 bits per heavy atom. The molecule has 0 amide bonds. The molecule has 0 aliphatic carbocycles. The standard InChI is InChI=1S/C20H20ClNO3/c1-3-14-9-11-15(12-10-14)22-13-17(20(24)25-4-2)19(23)16-7-5-6-8-18(16)21/h5-13,22H,3-4H2,1-2H3/b17-13+. The number of hydrogen-bond donors (Lipinski definition) is 1. The molecule has 0 bridgehead atoms. The third-order valence-electron chi connectivity index (χ3n) is 3.60. The summed E-state index contributed by atoms with van der Waals surface area (Å²) in [6, 6.07) is 14.3. The third kappa shape index (κ3) is 4.94. The number of carbonyl (C=O) groups excluding carboxylic acids is 2. The lowest BCUT2D eigenvalue weighted by molar-refractivity contribution is -0.138. The van der Waals surface area contributed by atoms with Crippen molar-refractivity contribution in [2.24, 2.45) is 0 Å². The Labute approximate surface area is 152 Å². The van der Waals surface area contributed by atoms with Crippen LogP contribution in [0.4, 0.5) is 5.69 Å². The number of halogens is 1. The second kappa shape index (κ2) is 9.04. The molecule has 0 heterocycles. The van der Waals surface area contributed by atoms with E-state index < -0.39 is 11.8 Å². The predicted octanol–water partition coefficient (Wildman–Crippen LogP) is 4.64. The van der Waals surface area contributed by atoms with Crippen LogP contribution in [0.15, 0.2) is 60.3 Å². The number of ether oxygens (including phenoxy) is 1. The first-order valence-electron chi connectivity index (χ1n) is 8.08. The van der Waals surface area contributed by atoms with Gasteiger partial charge in [-0.15, -0.1) is 0 Å². The van der Waals surface area contributed by atoms with Crippen LogP contribution >= 0.6 is 11.6 Å². The number of hydrogen-bond acceptors (Lipinski definition) is 4.